The molecule has 0 radical (unpaired) electrons. The molecule has 94 valence electrons. The minimum Gasteiger partial charge on any atom is -0.477 e. The molecule has 0 amide bonds. The van der Waals surface area contributed by atoms with Crippen LogP contribution in [0.5, 0.6) is 0 Å². The molecule has 0 spiro atoms. The first-order chi connectivity index (χ1) is 9.19. The summed E-state index contributed by atoms with van der Waals surface area (Å²) in [7, 11) is 0. The molecular formula is C12H9N5O2. The third-order valence-electron chi connectivity index (χ3n) is 2.28. The average molecular weight is 255 g/mol. The molecule has 19 heavy (non-hydrogen) atoms. The lowest BCUT2D eigenvalue weighted by Crippen LogP contribution is -2.04. The maximum absolute atomic E-state index is 10.6. The highest BCUT2D eigenvalue weighted by Gasteiger charge is 2.03. The second-order valence-corrected chi connectivity index (χ2v) is 3.61. The van der Waals surface area contributed by atoms with E-state index in [1.165, 1.54) is 24.7 Å². The van der Waals surface area contributed by atoms with E-state index in [1.807, 2.05) is 6.07 Å². The molecular weight excluding hydrogens is 246 g/mol. The van der Waals surface area contributed by atoms with Gasteiger partial charge in [-0.25, -0.2) is 19.7 Å². The predicted molar refractivity (Wildman–Crippen MR) is 65.3 cm³/mol. The monoisotopic (exact) mass is 255 g/mol. The summed E-state index contributed by atoms with van der Waals surface area (Å²) in [6.07, 6.45) is 4.30. The first-order valence-corrected chi connectivity index (χ1v) is 5.33. The molecule has 2 aromatic heterocycles. The zero-order chi connectivity index (χ0) is 13.7. The molecule has 0 unspecified atom stereocenters. The molecule has 0 atom stereocenters. The topological polar surface area (TPSA) is 112 Å². The van der Waals surface area contributed by atoms with E-state index in [2.05, 4.69) is 20.3 Å². The van der Waals surface area contributed by atoms with Crippen LogP contribution in [0.2, 0.25) is 0 Å². The number of rotatable bonds is 4. The molecule has 7 nitrogen and oxygen atoms in total. The number of aromatic nitrogens is 3. The summed E-state index contributed by atoms with van der Waals surface area (Å²) in [4.78, 5) is 22.3. The van der Waals surface area contributed by atoms with Crippen molar-refractivity contribution in [2.45, 2.75) is 6.54 Å². The Kier molecular flexibility index (Phi) is 3.64. The van der Waals surface area contributed by atoms with Crippen molar-refractivity contribution in [3.05, 3.63) is 47.7 Å². The summed E-state index contributed by atoms with van der Waals surface area (Å²) >= 11 is 0. The molecule has 0 aliphatic heterocycles. The van der Waals surface area contributed by atoms with Crippen molar-refractivity contribution in [2.75, 3.05) is 5.32 Å². The number of carboxylic acids is 1. The Morgan fingerprint density at radius 1 is 1.26 bits per heavy atom. The lowest BCUT2D eigenvalue weighted by Gasteiger charge is -2.04. The van der Waals surface area contributed by atoms with Gasteiger partial charge in [-0.05, 0) is 11.6 Å². The van der Waals surface area contributed by atoms with Gasteiger partial charge in [-0.3, -0.25) is 0 Å². The average Bonchev–Trinajstić information content (AvgIpc) is 2.46. The van der Waals surface area contributed by atoms with E-state index >= 15 is 0 Å². The Morgan fingerprint density at radius 2 is 2.11 bits per heavy atom. The van der Waals surface area contributed by atoms with Gasteiger partial charge in [0.2, 0.25) is 0 Å². The third kappa shape index (κ3) is 3.23. The quantitative estimate of drug-likeness (QED) is 0.839. The van der Waals surface area contributed by atoms with Crippen LogP contribution < -0.4 is 5.32 Å². The summed E-state index contributed by atoms with van der Waals surface area (Å²) in [6.45, 7) is 0.438. The predicted octanol–water partition coefficient (Wildman–Crippen LogP) is 1.05. The van der Waals surface area contributed by atoms with Crippen LogP contribution in [-0.4, -0.2) is 26.0 Å². The highest BCUT2D eigenvalue weighted by atomic mass is 16.4. The Labute approximate surface area is 108 Å². The van der Waals surface area contributed by atoms with E-state index in [0.717, 1.165) is 5.56 Å². The van der Waals surface area contributed by atoms with Gasteiger partial charge in [-0.15, -0.1) is 0 Å². The minimum atomic E-state index is -1.06. The highest BCUT2D eigenvalue weighted by molar-refractivity contribution is 5.85. The van der Waals surface area contributed by atoms with Crippen molar-refractivity contribution < 1.29 is 9.90 Å². The fourth-order valence-electron chi connectivity index (χ4n) is 1.33. The van der Waals surface area contributed by atoms with Crippen LogP contribution in [0.1, 0.15) is 21.7 Å². The molecule has 0 aliphatic rings. The van der Waals surface area contributed by atoms with Gasteiger partial charge >= 0.3 is 5.97 Å². The van der Waals surface area contributed by atoms with Crippen LogP contribution in [-0.2, 0) is 6.54 Å². The van der Waals surface area contributed by atoms with E-state index in [9.17, 15) is 4.79 Å². The smallest absolute Gasteiger partial charge is 0.354 e. The van der Waals surface area contributed by atoms with Gasteiger partial charge in [0.15, 0.2) is 5.69 Å². The first kappa shape index (κ1) is 12.4. The number of carbonyl (C=O) groups is 1. The van der Waals surface area contributed by atoms with Gasteiger partial charge in [0.25, 0.3) is 0 Å². The zero-order valence-corrected chi connectivity index (χ0v) is 9.74. The number of carboxylic acid groups (broad SMARTS) is 1. The number of nitrogens with one attached hydrogen (secondary N) is 1. The van der Waals surface area contributed by atoms with E-state index in [-0.39, 0.29) is 11.4 Å². The van der Waals surface area contributed by atoms with Crippen molar-refractivity contribution in [3.63, 3.8) is 0 Å². The van der Waals surface area contributed by atoms with Crippen LogP contribution >= 0.6 is 0 Å². The SMILES string of the molecule is N#Cc1cnc(NCc2ccc(C(=O)O)nc2)cn1. The fraction of sp³-hybridized carbons (Fsp3) is 0.0833. The molecule has 0 saturated heterocycles. The number of pyridine rings is 1. The minimum absolute atomic E-state index is 0.00177. The number of hydrogen-bond acceptors (Lipinski definition) is 6. The third-order valence-corrected chi connectivity index (χ3v) is 2.28. The van der Waals surface area contributed by atoms with Crippen LogP contribution in [0.15, 0.2) is 30.7 Å². The highest BCUT2D eigenvalue weighted by Crippen LogP contribution is 2.05. The van der Waals surface area contributed by atoms with Crippen LogP contribution in [0.3, 0.4) is 0 Å². The summed E-state index contributed by atoms with van der Waals surface area (Å²) in [6, 6.07) is 4.98. The molecule has 0 saturated carbocycles. The standard InChI is InChI=1S/C12H9N5O2/c13-3-9-6-17-11(7-14-9)16-5-8-1-2-10(12(18)19)15-4-8/h1-2,4,6-7H,5H2,(H,16,17)(H,18,19). The Bertz CT molecular complexity index is 616. The number of nitrogens with zero attached hydrogens (tertiary/aromatic N) is 4. The van der Waals surface area contributed by atoms with Crippen molar-refractivity contribution in [1.29, 1.82) is 5.26 Å². The molecule has 2 N–H and O–H groups in total. The normalized spacial score (nSPS) is 9.63. The van der Waals surface area contributed by atoms with E-state index < -0.39 is 5.97 Å². The maximum atomic E-state index is 10.6. The Morgan fingerprint density at radius 3 is 2.63 bits per heavy atom. The van der Waals surface area contributed by atoms with Gasteiger partial charge < -0.3 is 10.4 Å². The number of aromatic carboxylic acids is 1. The molecule has 0 aliphatic carbocycles. The summed E-state index contributed by atoms with van der Waals surface area (Å²) in [5.74, 6) is -0.529. The van der Waals surface area contributed by atoms with Gasteiger partial charge in [0, 0.05) is 12.7 Å². The second kappa shape index (κ2) is 5.55. The largest absolute Gasteiger partial charge is 0.477 e. The Hall–Kier alpha value is -3.01. The van der Waals surface area contributed by atoms with E-state index in [4.69, 9.17) is 10.4 Å². The second-order valence-electron chi connectivity index (χ2n) is 3.61. The van der Waals surface area contributed by atoms with Crippen molar-refractivity contribution in [3.8, 4) is 6.07 Å². The van der Waals surface area contributed by atoms with Crippen molar-refractivity contribution in [2.24, 2.45) is 0 Å². The summed E-state index contributed by atoms with van der Waals surface area (Å²) in [5, 5.41) is 20.3. The zero-order valence-electron chi connectivity index (χ0n) is 9.74. The van der Waals surface area contributed by atoms with Crippen molar-refractivity contribution in [1.82, 2.24) is 15.0 Å². The number of nitriles is 1. The molecule has 7 heteroatoms. The fourth-order valence-corrected chi connectivity index (χ4v) is 1.33. The molecule has 0 aromatic carbocycles. The molecule has 2 rings (SSSR count). The van der Waals surface area contributed by atoms with Crippen LogP contribution in [0.4, 0.5) is 5.82 Å². The summed E-state index contributed by atoms with van der Waals surface area (Å²) in [5.41, 5.74) is 1.07. The van der Waals surface area contributed by atoms with E-state index in [0.29, 0.717) is 12.4 Å². The van der Waals surface area contributed by atoms with Gasteiger partial charge in [-0.2, -0.15) is 5.26 Å². The Balaban J connectivity index is 1.98. The lowest BCUT2D eigenvalue weighted by atomic mass is 10.2. The molecule has 2 aromatic rings. The number of hydrogen-bond donors (Lipinski definition) is 2. The van der Waals surface area contributed by atoms with Crippen molar-refractivity contribution >= 4 is 11.8 Å². The van der Waals surface area contributed by atoms with Gasteiger partial charge in [0.1, 0.15) is 17.6 Å². The number of anilines is 1. The van der Waals surface area contributed by atoms with Crippen LogP contribution in [0, 0.1) is 11.3 Å². The van der Waals surface area contributed by atoms with Crippen LogP contribution in [0.25, 0.3) is 0 Å². The lowest BCUT2D eigenvalue weighted by molar-refractivity contribution is 0.0690. The molecule has 2 heterocycles. The van der Waals surface area contributed by atoms with E-state index in [1.54, 1.807) is 6.07 Å². The maximum Gasteiger partial charge on any atom is 0.354 e. The molecule has 0 bridgehead atoms. The molecule has 0 fully saturated rings. The first-order valence-electron chi connectivity index (χ1n) is 5.33. The van der Waals surface area contributed by atoms with Gasteiger partial charge in [0.05, 0.1) is 12.4 Å². The summed E-state index contributed by atoms with van der Waals surface area (Å²) < 4.78 is 0. The van der Waals surface area contributed by atoms with Gasteiger partial charge in [-0.1, -0.05) is 6.07 Å².